The number of aromatic amines is 2. The smallest absolute Gasteiger partial charge is 0.407 e. The highest BCUT2D eigenvalue weighted by atomic mass is 16.5. The summed E-state index contributed by atoms with van der Waals surface area (Å²) in [6, 6.07) is 35.2. The fraction of sp³-hybridized carbons (Fsp3) is 0.182. The van der Waals surface area contributed by atoms with E-state index in [0.717, 1.165) is 44.3 Å². The topological polar surface area (TPSA) is 192 Å². The molecule has 0 saturated carbocycles. The Morgan fingerprint density at radius 2 is 0.862 bits per heavy atom. The van der Waals surface area contributed by atoms with Crippen molar-refractivity contribution in [3.05, 3.63) is 144 Å². The third-order valence-electron chi connectivity index (χ3n) is 9.78. The summed E-state index contributed by atoms with van der Waals surface area (Å²) in [5.74, 6) is 0.336. The summed E-state index contributed by atoms with van der Waals surface area (Å²) in [5, 5.41) is 11.1. The normalized spacial score (nSPS) is 13.2. The lowest BCUT2D eigenvalue weighted by molar-refractivity contribution is -0.124. The number of methoxy groups -OCH3 is 2. The van der Waals surface area contributed by atoms with Crippen LogP contribution in [-0.2, 0) is 19.1 Å². The second kappa shape index (κ2) is 17.1. The number of alkyl carbamates (subject to hydrolysis) is 2. The van der Waals surface area contributed by atoms with Gasteiger partial charge in [0.15, 0.2) is 0 Å². The highest BCUT2D eigenvalue weighted by Gasteiger charge is 2.27. The van der Waals surface area contributed by atoms with Gasteiger partial charge < -0.3 is 40.7 Å². The standard InChI is InChI=1S/C44H42N8O6/c1-25(45-41(53)37(51-43(55)57-3)29-11-7-5-8-12-29)39-47-33-21-19-31(23-35(33)49-39)27-15-17-28(18-16-27)32-20-22-34-36(24-32)50-40(48-34)26(2)46-42(54)38(52-44(56)58-4)30-13-9-6-10-14-30/h5-26,37-38H,1-4H3,(H,45,53)(H,46,54)(H,47,49)(H,48,50)(H,51,55)(H,52,56)/t25-,26-,37-,38-/m1/s1. The Balaban J connectivity index is 1.03. The number of rotatable bonds is 12. The van der Waals surface area contributed by atoms with Crippen LogP contribution in [0.15, 0.2) is 121 Å². The zero-order valence-corrected chi connectivity index (χ0v) is 32.2. The summed E-state index contributed by atoms with van der Waals surface area (Å²) in [4.78, 5) is 66.8. The Morgan fingerprint density at radius 3 is 1.22 bits per heavy atom. The average Bonchev–Trinajstić information content (AvgIpc) is 3.89. The van der Waals surface area contributed by atoms with Crippen LogP contribution in [0.1, 0.15) is 60.8 Å². The number of benzene rings is 5. The molecular weight excluding hydrogens is 737 g/mol. The lowest BCUT2D eigenvalue weighted by Crippen LogP contribution is -2.41. The van der Waals surface area contributed by atoms with E-state index >= 15 is 0 Å². The maximum atomic E-state index is 13.3. The van der Waals surface area contributed by atoms with Crippen molar-refractivity contribution in [3.8, 4) is 22.3 Å². The molecule has 0 saturated heterocycles. The van der Waals surface area contributed by atoms with Gasteiger partial charge in [-0.25, -0.2) is 19.6 Å². The van der Waals surface area contributed by atoms with E-state index in [2.05, 4.69) is 55.5 Å². The molecule has 58 heavy (non-hydrogen) atoms. The fourth-order valence-electron chi connectivity index (χ4n) is 6.66. The van der Waals surface area contributed by atoms with Crippen molar-refractivity contribution < 1.29 is 28.7 Å². The second-order valence-corrected chi connectivity index (χ2v) is 13.7. The molecule has 14 nitrogen and oxygen atoms in total. The number of amides is 4. The van der Waals surface area contributed by atoms with Gasteiger partial charge in [0.2, 0.25) is 11.8 Å². The predicted octanol–water partition coefficient (Wildman–Crippen LogP) is 7.32. The van der Waals surface area contributed by atoms with Gasteiger partial charge in [0, 0.05) is 0 Å². The third-order valence-corrected chi connectivity index (χ3v) is 9.78. The van der Waals surface area contributed by atoms with Crippen molar-refractivity contribution in [2.75, 3.05) is 14.2 Å². The molecule has 0 unspecified atom stereocenters. The Morgan fingerprint density at radius 1 is 0.500 bits per heavy atom. The van der Waals surface area contributed by atoms with Gasteiger partial charge >= 0.3 is 12.2 Å². The lowest BCUT2D eigenvalue weighted by Gasteiger charge is -2.20. The number of hydrogen-bond donors (Lipinski definition) is 6. The van der Waals surface area contributed by atoms with Gasteiger partial charge in [-0.1, -0.05) is 97.1 Å². The Hall–Kier alpha value is -7.48. The monoisotopic (exact) mass is 778 g/mol. The molecule has 294 valence electrons. The number of hydrogen-bond acceptors (Lipinski definition) is 8. The molecule has 14 heteroatoms. The van der Waals surface area contributed by atoms with Gasteiger partial charge in [-0.15, -0.1) is 0 Å². The van der Waals surface area contributed by atoms with E-state index in [4.69, 9.17) is 19.4 Å². The van der Waals surface area contributed by atoms with Gasteiger partial charge in [-0.3, -0.25) is 9.59 Å². The van der Waals surface area contributed by atoms with Crippen molar-refractivity contribution in [3.63, 3.8) is 0 Å². The summed E-state index contributed by atoms with van der Waals surface area (Å²) in [5.41, 5.74) is 8.34. The number of H-pyrrole nitrogens is 2. The molecule has 2 aromatic heterocycles. The Labute approximate surface area is 333 Å². The molecule has 7 aromatic rings. The van der Waals surface area contributed by atoms with E-state index < -0.39 is 48.2 Å². The first-order valence-electron chi connectivity index (χ1n) is 18.6. The number of ether oxygens (including phenoxy) is 2. The van der Waals surface area contributed by atoms with E-state index in [0.29, 0.717) is 22.8 Å². The largest absolute Gasteiger partial charge is 0.453 e. The summed E-state index contributed by atoms with van der Waals surface area (Å²) in [6.45, 7) is 3.65. The van der Waals surface area contributed by atoms with Crippen molar-refractivity contribution in [2.45, 2.75) is 38.0 Å². The van der Waals surface area contributed by atoms with E-state index in [9.17, 15) is 19.2 Å². The number of carbonyl (C=O) groups excluding carboxylic acids is 4. The molecule has 0 aliphatic carbocycles. The van der Waals surface area contributed by atoms with Gasteiger partial charge in [-0.05, 0) is 71.5 Å². The van der Waals surface area contributed by atoms with Crippen LogP contribution in [0.2, 0.25) is 0 Å². The second-order valence-electron chi connectivity index (χ2n) is 13.7. The van der Waals surface area contributed by atoms with Crippen LogP contribution in [-0.4, -0.2) is 58.2 Å². The average molecular weight is 779 g/mol. The van der Waals surface area contributed by atoms with Crippen LogP contribution in [0.4, 0.5) is 9.59 Å². The molecule has 5 aromatic carbocycles. The summed E-state index contributed by atoms with van der Waals surface area (Å²) in [6.07, 6.45) is -1.43. The van der Waals surface area contributed by atoms with E-state index in [-0.39, 0.29) is 0 Å². The number of carbonyl (C=O) groups is 4. The predicted molar refractivity (Wildman–Crippen MR) is 219 cm³/mol. The molecule has 2 heterocycles. The Bertz CT molecular complexity index is 2390. The molecule has 6 N–H and O–H groups in total. The number of imidazole rings is 2. The summed E-state index contributed by atoms with van der Waals surface area (Å²) in [7, 11) is 2.50. The molecule has 0 radical (unpaired) electrons. The molecular formula is C44H42N8O6. The minimum atomic E-state index is -0.949. The summed E-state index contributed by atoms with van der Waals surface area (Å²) < 4.78 is 9.49. The maximum Gasteiger partial charge on any atom is 0.407 e. The minimum absolute atomic E-state index is 0.403. The van der Waals surface area contributed by atoms with Crippen LogP contribution in [0, 0.1) is 0 Å². The number of nitrogens with zero attached hydrogens (tertiary/aromatic N) is 2. The van der Waals surface area contributed by atoms with Crippen molar-refractivity contribution in [1.82, 2.24) is 41.2 Å². The number of aromatic nitrogens is 4. The molecule has 7 rings (SSSR count). The molecule has 4 amide bonds. The van der Waals surface area contributed by atoms with Crippen LogP contribution in [0.5, 0.6) is 0 Å². The van der Waals surface area contributed by atoms with Crippen molar-refractivity contribution in [2.24, 2.45) is 0 Å². The van der Waals surface area contributed by atoms with E-state index in [1.54, 1.807) is 48.5 Å². The number of nitrogens with one attached hydrogen (secondary N) is 6. The van der Waals surface area contributed by atoms with Crippen LogP contribution >= 0.6 is 0 Å². The third kappa shape index (κ3) is 8.65. The zero-order chi connectivity index (χ0) is 40.8. The minimum Gasteiger partial charge on any atom is -0.453 e. The molecule has 0 fully saturated rings. The van der Waals surface area contributed by atoms with Crippen molar-refractivity contribution in [1.29, 1.82) is 0 Å². The fourth-order valence-corrected chi connectivity index (χ4v) is 6.66. The summed E-state index contributed by atoms with van der Waals surface area (Å²) >= 11 is 0. The van der Waals surface area contributed by atoms with Crippen LogP contribution in [0.25, 0.3) is 44.3 Å². The highest BCUT2D eigenvalue weighted by Crippen LogP contribution is 2.30. The molecule has 0 aliphatic heterocycles. The van der Waals surface area contributed by atoms with E-state index in [1.807, 2.05) is 62.4 Å². The van der Waals surface area contributed by atoms with Crippen LogP contribution in [0.3, 0.4) is 0 Å². The molecule has 0 bridgehead atoms. The van der Waals surface area contributed by atoms with Gasteiger partial charge in [0.1, 0.15) is 23.7 Å². The Kier molecular flexibility index (Phi) is 11.4. The SMILES string of the molecule is COC(=O)N[C@@H](C(=O)N[C@H](C)c1nc2ccc(-c3ccc(-c4ccc5nc([C@@H](C)NC(=O)[C@H](NC(=O)OC)c6ccccc6)[nH]c5c4)cc3)cc2[nH]1)c1ccccc1. The zero-order valence-electron chi connectivity index (χ0n) is 32.2. The van der Waals surface area contributed by atoms with Gasteiger partial charge in [-0.2, -0.15) is 0 Å². The van der Waals surface area contributed by atoms with Crippen LogP contribution < -0.4 is 21.3 Å². The first-order chi connectivity index (χ1) is 28.1. The molecule has 0 aliphatic rings. The first-order valence-corrected chi connectivity index (χ1v) is 18.6. The maximum absolute atomic E-state index is 13.3. The van der Waals surface area contributed by atoms with Crippen molar-refractivity contribution >= 4 is 46.1 Å². The van der Waals surface area contributed by atoms with Gasteiger partial charge in [0.05, 0.1) is 48.4 Å². The molecule has 0 spiro atoms. The van der Waals surface area contributed by atoms with E-state index in [1.165, 1.54) is 14.2 Å². The quantitative estimate of drug-likeness (QED) is 0.0743. The number of fused-ring (bicyclic) bond motifs is 2. The highest BCUT2D eigenvalue weighted by molar-refractivity contribution is 5.89. The lowest BCUT2D eigenvalue weighted by atomic mass is 10.00. The first kappa shape index (κ1) is 38.8. The van der Waals surface area contributed by atoms with Gasteiger partial charge in [0.25, 0.3) is 0 Å². The molecule has 4 atom stereocenters.